The molecule has 2 aromatic carbocycles. The summed E-state index contributed by atoms with van der Waals surface area (Å²) in [4.78, 5) is 26.5. The second kappa shape index (κ2) is 10.3. The smallest absolute Gasteiger partial charge is 0.270 e. The first-order valence-electron chi connectivity index (χ1n) is 12.2. The number of ether oxygens (including phenoxy) is 1. The van der Waals surface area contributed by atoms with Crippen LogP contribution in [0.15, 0.2) is 48.0 Å². The number of nitrogens with one attached hydrogen (secondary N) is 2. The van der Waals surface area contributed by atoms with E-state index in [2.05, 4.69) is 17.0 Å². The molecule has 9 heteroatoms. The summed E-state index contributed by atoms with van der Waals surface area (Å²) in [5.41, 5.74) is 1.70. The zero-order valence-corrected chi connectivity index (χ0v) is 22.3. The number of sulfonamides is 1. The maximum Gasteiger partial charge on any atom is 0.270 e. The third-order valence-electron chi connectivity index (χ3n) is 6.58. The monoisotopic (exact) mass is 530 g/mol. The van der Waals surface area contributed by atoms with Crippen molar-refractivity contribution in [1.29, 1.82) is 0 Å². The number of carbonyl (C=O) groups is 2. The van der Waals surface area contributed by atoms with Gasteiger partial charge < -0.3 is 10.1 Å². The summed E-state index contributed by atoms with van der Waals surface area (Å²) >= 11 is 6.65. The van der Waals surface area contributed by atoms with Gasteiger partial charge in [0.2, 0.25) is 10.0 Å². The summed E-state index contributed by atoms with van der Waals surface area (Å²) < 4.78 is 32.8. The van der Waals surface area contributed by atoms with Gasteiger partial charge in [-0.05, 0) is 61.9 Å². The van der Waals surface area contributed by atoms with Crippen molar-refractivity contribution in [2.45, 2.75) is 63.7 Å². The third kappa shape index (κ3) is 5.60. The van der Waals surface area contributed by atoms with E-state index in [0.29, 0.717) is 46.9 Å². The third-order valence-corrected chi connectivity index (χ3v) is 8.71. The molecule has 1 fully saturated rings. The van der Waals surface area contributed by atoms with E-state index >= 15 is 0 Å². The first kappa shape index (κ1) is 26.2. The Labute approximate surface area is 217 Å². The van der Waals surface area contributed by atoms with Crippen LogP contribution in [0.4, 0.5) is 0 Å². The molecule has 1 saturated carbocycles. The molecule has 36 heavy (non-hydrogen) atoms. The summed E-state index contributed by atoms with van der Waals surface area (Å²) in [6.07, 6.45) is 3.20. The molecule has 0 radical (unpaired) electrons. The lowest BCUT2D eigenvalue weighted by Crippen LogP contribution is -2.51. The number of amides is 2. The van der Waals surface area contributed by atoms with E-state index in [1.807, 2.05) is 50.2 Å². The predicted molar refractivity (Wildman–Crippen MR) is 140 cm³/mol. The molecule has 0 aromatic heterocycles. The average Bonchev–Trinajstić information content (AvgIpc) is 3.65. The highest BCUT2D eigenvalue weighted by Gasteiger charge is 2.43. The van der Waals surface area contributed by atoms with Crippen LogP contribution in [0.2, 0.25) is 5.02 Å². The van der Waals surface area contributed by atoms with Crippen LogP contribution in [0.5, 0.6) is 5.75 Å². The number of aryl methyl sites for hydroxylation is 1. The summed E-state index contributed by atoms with van der Waals surface area (Å²) in [6, 6.07) is 12.8. The van der Waals surface area contributed by atoms with Crippen molar-refractivity contribution in [3.8, 4) is 5.75 Å². The van der Waals surface area contributed by atoms with Crippen LogP contribution in [0.3, 0.4) is 0 Å². The van der Waals surface area contributed by atoms with Crippen molar-refractivity contribution >= 4 is 39.0 Å². The fraction of sp³-hybridized carbons (Fsp3) is 0.407. The van der Waals surface area contributed by atoms with Gasteiger partial charge in [0.05, 0.1) is 17.4 Å². The maximum atomic E-state index is 13.4. The van der Waals surface area contributed by atoms with E-state index < -0.39 is 32.6 Å². The molecule has 0 bridgehead atoms. The molecule has 0 saturated heterocycles. The lowest BCUT2D eigenvalue weighted by molar-refractivity contribution is -0.124. The van der Waals surface area contributed by atoms with Crippen molar-refractivity contribution in [1.82, 2.24) is 10.0 Å². The number of benzene rings is 2. The van der Waals surface area contributed by atoms with Crippen LogP contribution in [-0.2, 0) is 25.2 Å². The first-order chi connectivity index (χ1) is 17.0. The number of hydrogen-bond donors (Lipinski definition) is 2. The van der Waals surface area contributed by atoms with E-state index in [9.17, 15) is 18.0 Å². The van der Waals surface area contributed by atoms with Gasteiger partial charge in [0.15, 0.2) is 0 Å². The summed E-state index contributed by atoms with van der Waals surface area (Å²) in [6.45, 7) is 6.45. The molecule has 4 rings (SSSR count). The molecular weight excluding hydrogens is 500 g/mol. The molecular formula is C27H31ClN2O5S. The van der Waals surface area contributed by atoms with Crippen LogP contribution in [0.1, 0.15) is 62.6 Å². The number of hydrogen-bond acceptors (Lipinski definition) is 5. The van der Waals surface area contributed by atoms with E-state index in [0.717, 1.165) is 18.4 Å². The Kier molecular flexibility index (Phi) is 7.48. The number of carbonyl (C=O) groups excluding carboxylic acids is 2. The largest absolute Gasteiger partial charge is 0.494 e. The van der Waals surface area contributed by atoms with Crippen molar-refractivity contribution < 1.29 is 22.7 Å². The highest BCUT2D eigenvalue weighted by molar-refractivity contribution is 7.91. The molecule has 0 unspecified atom stereocenters. The summed E-state index contributed by atoms with van der Waals surface area (Å²) in [5.74, 6) is -0.924. The minimum Gasteiger partial charge on any atom is -0.494 e. The molecule has 2 N–H and O–H groups in total. The van der Waals surface area contributed by atoms with Gasteiger partial charge in [-0.2, -0.15) is 0 Å². The van der Waals surface area contributed by atoms with Crippen molar-refractivity contribution in [2.75, 3.05) is 6.61 Å². The van der Waals surface area contributed by atoms with Gasteiger partial charge >= 0.3 is 0 Å². The fourth-order valence-electron chi connectivity index (χ4n) is 4.35. The SMILES string of the molecule is CCCCOc1ccc([C@]2(C)CC(c3ccc(C)cc3)=C(C(=O)NS(=O)(=O)C3CC3)C(=O)N2)c(Cl)c1. The van der Waals surface area contributed by atoms with Gasteiger partial charge in [-0.3, -0.25) is 9.59 Å². The zero-order valence-electron chi connectivity index (χ0n) is 20.7. The zero-order chi connectivity index (χ0) is 26.1. The van der Waals surface area contributed by atoms with Gasteiger partial charge in [0.1, 0.15) is 11.3 Å². The van der Waals surface area contributed by atoms with Gasteiger partial charge in [-0.25, -0.2) is 13.1 Å². The number of rotatable bonds is 9. The van der Waals surface area contributed by atoms with Crippen LogP contribution in [0.25, 0.3) is 5.57 Å². The quantitative estimate of drug-likeness (QED) is 0.364. The number of unbranched alkanes of at least 4 members (excludes halogenated alkanes) is 1. The van der Waals surface area contributed by atoms with Crippen LogP contribution in [-0.4, -0.2) is 32.1 Å². The normalized spacial score (nSPS) is 20.2. The minimum atomic E-state index is -3.82. The topological polar surface area (TPSA) is 102 Å². The van der Waals surface area contributed by atoms with Gasteiger partial charge in [0.25, 0.3) is 11.8 Å². The maximum absolute atomic E-state index is 13.4. The highest BCUT2D eigenvalue weighted by Crippen LogP contribution is 2.42. The Hall–Kier alpha value is -2.84. The Morgan fingerprint density at radius 1 is 1.19 bits per heavy atom. The van der Waals surface area contributed by atoms with Crippen LogP contribution in [0, 0.1) is 6.92 Å². The standard InChI is InChI=1S/C27H31ClN2O5S/c1-4-5-14-35-19-10-13-22(23(28)15-19)27(3)16-21(18-8-6-17(2)7-9-18)24(25(31)29-27)26(32)30-36(33,34)20-11-12-20/h6-10,13,15,20H,4-5,11-12,14,16H2,1-3H3,(H,29,31)(H,30,32)/t27-/m0/s1. The second-order valence-corrected chi connectivity index (χ2v) is 12.1. The molecule has 1 atom stereocenters. The molecule has 7 nitrogen and oxygen atoms in total. The molecule has 2 amide bonds. The van der Waals surface area contributed by atoms with Crippen molar-refractivity contribution in [3.63, 3.8) is 0 Å². The predicted octanol–water partition coefficient (Wildman–Crippen LogP) is 4.62. The molecule has 1 aliphatic heterocycles. The van der Waals surface area contributed by atoms with Gasteiger partial charge in [-0.15, -0.1) is 0 Å². The summed E-state index contributed by atoms with van der Waals surface area (Å²) in [5, 5.41) is 2.76. The van der Waals surface area contributed by atoms with E-state index in [-0.39, 0.29) is 12.0 Å². The lowest BCUT2D eigenvalue weighted by Gasteiger charge is -2.38. The van der Waals surface area contributed by atoms with E-state index in [1.165, 1.54) is 0 Å². The van der Waals surface area contributed by atoms with Crippen LogP contribution < -0.4 is 14.8 Å². The molecule has 192 valence electrons. The van der Waals surface area contributed by atoms with E-state index in [1.54, 1.807) is 6.07 Å². The Morgan fingerprint density at radius 2 is 1.89 bits per heavy atom. The minimum absolute atomic E-state index is 0.198. The average molecular weight is 531 g/mol. The second-order valence-electron chi connectivity index (χ2n) is 9.70. The van der Waals surface area contributed by atoms with Gasteiger partial charge in [-0.1, -0.05) is 60.8 Å². The fourth-order valence-corrected chi connectivity index (χ4v) is 6.01. The summed E-state index contributed by atoms with van der Waals surface area (Å²) in [7, 11) is -3.82. The van der Waals surface area contributed by atoms with Crippen molar-refractivity contribution in [2.24, 2.45) is 0 Å². The lowest BCUT2D eigenvalue weighted by atomic mass is 9.78. The van der Waals surface area contributed by atoms with Crippen molar-refractivity contribution in [3.05, 3.63) is 69.8 Å². The molecule has 2 aromatic rings. The first-order valence-corrected chi connectivity index (χ1v) is 14.1. The Morgan fingerprint density at radius 3 is 2.50 bits per heavy atom. The Balaban J connectivity index is 1.72. The van der Waals surface area contributed by atoms with Gasteiger partial charge in [0, 0.05) is 11.4 Å². The molecule has 1 aliphatic carbocycles. The number of halogens is 1. The van der Waals surface area contributed by atoms with E-state index in [4.69, 9.17) is 16.3 Å². The molecule has 2 aliphatic rings. The highest BCUT2D eigenvalue weighted by atomic mass is 35.5. The molecule has 1 heterocycles. The Bertz CT molecular complexity index is 1320. The molecule has 0 spiro atoms. The van der Waals surface area contributed by atoms with Crippen LogP contribution >= 0.6 is 11.6 Å².